The van der Waals surface area contributed by atoms with Gasteiger partial charge in [0.2, 0.25) is 5.91 Å². The molecule has 1 aromatic carbocycles. The third-order valence-corrected chi connectivity index (χ3v) is 8.25. The fourth-order valence-electron chi connectivity index (χ4n) is 7.13. The molecule has 5 fully saturated rings. The summed E-state index contributed by atoms with van der Waals surface area (Å²) in [5, 5.41) is 12.6. The Bertz CT molecular complexity index is 791. The molecule has 4 bridgehead atoms. The first-order chi connectivity index (χ1) is 14.5. The van der Waals surface area contributed by atoms with Crippen molar-refractivity contribution in [3.8, 4) is 6.07 Å². The third kappa shape index (κ3) is 3.83. The standard InChI is InChI=1S/C25H34N4O/c1-18(24(30)27-25-14-20-11-21(15-25)13-22(12-20)16-25)28-7-2-8-29(10-9-28)23-5-3-19(17-26)4-6-23/h3-6,18,20-22H,2,7-16H2,1H3,(H,27,30). The highest BCUT2D eigenvalue weighted by Gasteiger charge is 2.51. The molecule has 4 saturated carbocycles. The molecule has 5 nitrogen and oxygen atoms in total. The minimum atomic E-state index is -0.0704. The number of hydrogen-bond donors (Lipinski definition) is 1. The predicted octanol–water partition coefficient (Wildman–Crippen LogP) is 3.54. The molecule has 1 aromatic rings. The average Bonchev–Trinajstić information content (AvgIpc) is 2.98. The maximum Gasteiger partial charge on any atom is 0.237 e. The summed E-state index contributed by atoms with van der Waals surface area (Å²) in [5.74, 6) is 2.80. The second-order valence-corrected chi connectivity index (χ2v) is 10.4. The average molecular weight is 407 g/mol. The molecule has 4 aliphatic carbocycles. The Labute approximate surface area is 180 Å². The van der Waals surface area contributed by atoms with E-state index in [4.69, 9.17) is 5.26 Å². The molecule has 5 heteroatoms. The molecule has 1 amide bonds. The summed E-state index contributed by atoms with van der Waals surface area (Å²) in [6.45, 7) is 5.86. The Balaban J connectivity index is 1.19. The van der Waals surface area contributed by atoms with Crippen molar-refractivity contribution in [3.63, 3.8) is 0 Å². The van der Waals surface area contributed by atoms with Gasteiger partial charge < -0.3 is 10.2 Å². The largest absolute Gasteiger partial charge is 0.370 e. The fraction of sp³-hybridized carbons (Fsp3) is 0.680. The van der Waals surface area contributed by atoms with Crippen molar-refractivity contribution in [1.29, 1.82) is 5.26 Å². The Morgan fingerprint density at radius 2 is 1.67 bits per heavy atom. The molecule has 6 rings (SSSR count). The van der Waals surface area contributed by atoms with E-state index in [1.54, 1.807) is 0 Å². The van der Waals surface area contributed by atoms with Gasteiger partial charge in [-0.05, 0) is 93.9 Å². The number of hydrogen-bond acceptors (Lipinski definition) is 4. The van der Waals surface area contributed by atoms with Crippen LogP contribution in [0.4, 0.5) is 5.69 Å². The van der Waals surface area contributed by atoms with Gasteiger partial charge in [-0.1, -0.05) is 0 Å². The molecule has 1 atom stereocenters. The third-order valence-electron chi connectivity index (χ3n) is 8.25. The topological polar surface area (TPSA) is 59.4 Å². The SMILES string of the molecule is CC(C(=O)NC12CC3CC(CC(C3)C1)C2)N1CCCN(c2ccc(C#N)cc2)CC1. The van der Waals surface area contributed by atoms with E-state index in [9.17, 15) is 4.79 Å². The first-order valence-electron chi connectivity index (χ1n) is 11.8. The molecule has 1 heterocycles. The maximum absolute atomic E-state index is 13.3. The predicted molar refractivity (Wildman–Crippen MR) is 118 cm³/mol. The monoisotopic (exact) mass is 406 g/mol. The van der Waals surface area contributed by atoms with E-state index in [0.29, 0.717) is 5.56 Å². The van der Waals surface area contributed by atoms with Crippen LogP contribution in [-0.4, -0.2) is 48.6 Å². The highest BCUT2D eigenvalue weighted by Crippen LogP contribution is 2.55. The summed E-state index contributed by atoms with van der Waals surface area (Å²) >= 11 is 0. The number of carbonyl (C=O) groups is 1. The van der Waals surface area contributed by atoms with Gasteiger partial charge in [0.05, 0.1) is 17.7 Å². The van der Waals surface area contributed by atoms with E-state index in [1.807, 2.05) is 24.3 Å². The van der Waals surface area contributed by atoms with E-state index >= 15 is 0 Å². The summed E-state index contributed by atoms with van der Waals surface area (Å²) in [6.07, 6.45) is 8.90. The number of anilines is 1. The van der Waals surface area contributed by atoms with Crippen LogP contribution >= 0.6 is 0 Å². The van der Waals surface area contributed by atoms with E-state index in [0.717, 1.165) is 50.4 Å². The van der Waals surface area contributed by atoms with Crippen LogP contribution < -0.4 is 10.2 Å². The van der Waals surface area contributed by atoms with Crippen molar-refractivity contribution in [3.05, 3.63) is 29.8 Å². The number of amides is 1. The zero-order valence-corrected chi connectivity index (χ0v) is 18.1. The number of rotatable bonds is 4. The minimum Gasteiger partial charge on any atom is -0.370 e. The van der Waals surface area contributed by atoms with Gasteiger partial charge in [-0.25, -0.2) is 0 Å². The number of nitrogens with zero attached hydrogens (tertiary/aromatic N) is 3. The van der Waals surface area contributed by atoms with Crippen LogP contribution in [0.5, 0.6) is 0 Å². The van der Waals surface area contributed by atoms with Crippen LogP contribution in [-0.2, 0) is 4.79 Å². The Kier molecular flexibility index (Phi) is 5.23. The van der Waals surface area contributed by atoms with Crippen molar-refractivity contribution < 1.29 is 4.79 Å². The molecular formula is C25H34N4O. The smallest absolute Gasteiger partial charge is 0.237 e. The molecule has 5 aliphatic rings. The minimum absolute atomic E-state index is 0.0704. The Morgan fingerprint density at radius 1 is 1.03 bits per heavy atom. The van der Waals surface area contributed by atoms with Gasteiger partial charge in [0.25, 0.3) is 0 Å². The highest BCUT2D eigenvalue weighted by molar-refractivity contribution is 5.82. The molecule has 0 radical (unpaired) electrons. The van der Waals surface area contributed by atoms with Gasteiger partial charge in [0.1, 0.15) is 0 Å². The van der Waals surface area contributed by atoms with Crippen LogP contribution in [0.3, 0.4) is 0 Å². The van der Waals surface area contributed by atoms with Gasteiger partial charge in [-0.3, -0.25) is 9.69 Å². The highest BCUT2D eigenvalue weighted by atomic mass is 16.2. The lowest BCUT2D eigenvalue weighted by Crippen LogP contribution is -2.62. The second-order valence-electron chi connectivity index (χ2n) is 10.4. The van der Waals surface area contributed by atoms with Crippen LogP contribution in [0.1, 0.15) is 57.4 Å². The van der Waals surface area contributed by atoms with Gasteiger partial charge >= 0.3 is 0 Å². The fourth-order valence-corrected chi connectivity index (χ4v) is 7.13. The summed E-state index contributed by atoms with van der Waals surface area (Å²) in [7, 11) is 0. The molecule has 0 spiro atoms. The summed E-state index contributed by atoms with van der Waals surface area (Å²) in [6, 6.07) is 9.97. The Hall–Kier alpha value is -2.06. The van der Waals surface area contributed by atoms with Gasteiger partial charge in [-0.2, -0.15) is 5.26 Å². The Morgan fingerprint density at radius 3 is 2.27 bits per heavy atom. The molecule has 1 saturated heterocycles. The van der Waals surface area contributed by atoms with E-state index in [1.165, 1.54) is 44.2 Å². The lowest BCUT2D eigenvalue weighted by molar-refractivity contribution is -0.131. The molecule has 30 heavy (non-hydrogen) atoms. The van der Waals surface area contributed by atoms with Gasteiger partial charge in [-0.15, -0.1) is 0 Å². The van der Waals surface area contributed by atoms with Crippen LogP contribution in [0.25, 0.3) is 0 Å². The summed E-state index contributed by atoms with van der Waals surface area (Å²) in [5.41, 5.74) is 1.96. The maximum atomic E-state index is 13.3. The van der Waals surface area contributed by atoms with Crippen LogP contribution in [0.2, 0.25) is 0 Å². The lowest BCUT2D eigenvalue weighted by atomic mass is 9.53. The summed E-state index contributed by atoms with van der Waals surface area (Å²) in [4.78, 5) is 18.0. The quantitative estimate of drug-likeness (QED) is 0.831. The zero-order chi connectivity index (χ0) is 20.7. The van der Waals surface area contributed by atoms with Gasteiger partial charge in [0.15, 0.2) is 0 Å². The van der Waals surface area contributed by atoms with Crippen LogP contribution in [0.15, 0.2) is 24.3 Å². The van der Waals surface area contributed by atoms with Crippen LogP contribution in [0, 0.1) is 29.1 Å². The summed E-state index contributed by atoms with van der Waals surface area (Å²) < 4.78 is 0. The normalized spacial score (nSPS) is 34.3. The molecular weight excluding hydrogens is 372 g/mol. The number of nitriles is 1. The number of carbonyl (C=O) groups excluding carboxylic acids is 1. The molecule has 160 valence electrons. The first-order valence-corrected chi connectivity index (χ1v) is 11.8. The van der Waals surface area contributed by atoms with E-state index < -0.39 is 0 Å². The first kappa shape index (κ1) is 19.9. The number of nitrogens with one attached hydrogen (secondary N) is 1. The molecule has 1 N–H and O–H groups in total. The van der Waals surface area contributed by atoms with Crippen molar-refractivity contribution in [2.24, 2.45) is 17.8 Å². The zero-order valence-electron chi connectivity index (χ0n) is 18.1. The number of benzene rings is 1. The molecule has 1 unspecified atom stereocenters. The van der Waals surface area contributed by atoms with E-state index in [2.05, 4.69) is 28.1 Å². The van der Waals surface area contributed by atoms with Crippen molar-refractivity contribution in [1.82, 2.24) is 10.2 Å². The molecule has 1 aliphatic heterocycles. The molecule has 0 aromatic heterocycles. The van der Waals surface area contributed by atoms with E-state index in [-0.39, 0.29) is 17.5 Å². The second kappa shape index (κ2) is 7.89. The van der Waals surface area contributed by atoms with Crippen molar-refractivity contribution >= 4 is 11.6 Å². The van der Waals surface area contributed by atoms with Crippen molar-refractivity contribution in [2.75, 3.05) is 31.1 Å². The van der Waals surface area contributed by atoms with Gasteiger partial charge in [0, 0.05) is 37.4 Å². The van der Waals surface area contributed by atoms with Crippen molar-refractivity contribution in [2.45, 2.75) is 63.5 Å². The lowest BCUT2D eigenvalue weighted by Gasteiger charge is -2.57.